The fourth-order valence-corrected chi connectivity index (χ4v) is 3.58. The van der Waals surface area contributed by atoms with Crippen LogP contribution in [0.15, 0.2) is 30.3 Å². The molecule has 0 radical (unpaired) electrons. The van der Waals surface area contributed by atoms with Gasteiger partial charge in [-0.2, -0.15) is 0 Å². The number of carboxylic acids is 1. The first kappa shape index (κ1) is 14.9. The number of piperazine rings is 1. The summed E-state index contributed by atoms with van der Waals surface area (Å²) < 4.78 is 0. The Labute approximate surface area is 130 Å². The van der Waals surface area contributed by atoms with Gasteiger partial charge in [-0.05, 0) is 17.5 Å². The Balaban J connectivity index is 1.60. The van der Waals surface area contributed by atoms with Gasteiger partial charge in [0.25, 0.3) is 0 Å². The van der Waals surface area contributed by atoms with Crippen molar-refractivity contribution in [1.82, 2.24) is 4.90 Å². The maximum atomic E-state index is 12.6. The second-order valence-corrected chi connectivity index (χ2v) is 6.76. The van der Waals surface area contributed by atoms with Crippen molar-refractivity contribution in [2.45, 2.75) is 13.8 Å². The minimum atomic E-state index is -0.855. The number of carbonyl (C=O) groups is 2. The lowest BCUT2D eigenvalue weighted by Crippen LogP contribution is -2.49. The van der Waals surface area contributed by atoms with E-state index < -0.39 is 17.3 Å². The highest BCUT2D eigenvalue weighted by atomic mass is 16.4. The van der Waals surface area contributed by atoms with E-state index in [4.69, 9.17) is 0 Å². The lowest BCUT2D eigenvalue weighted by molar-refractivity contribution is -0.142. The van der Waals surface area contributed by atoms with E-state index in [9.17, 15) is 14.7 Å². The van der Waals surface area contributed by atoms with Crippen LogP contribution in [0, 0.1) is 17.3 Å². The van der Waals surface area contributed by atoms with Crippen LogP contribution in [0.25, 0.3) is 0 Å². The minimum absolute atomic E-state index is 0.00473. The molecule has 0 unspecified atom stereocenters. The highest BCUT2D eigenvalue weighted by molar-refractivity contribution is 5.91. The molecule has 2 atom stereocenters. The Bertz CT molecular complexity index is 577. The maximum absolute atomic E-state index is 12.6. The summed E-state index contributed by atoms with van der Waals surface area (Å²) in [6.45, 7) is 6.64. The first-order chi connectivity index (χ1) is 10.4. The fraction of sp³-hybridized carbons (Fsp3) is 0.529. The molecule has 1 heterocycles. The van der Waals surface area contributed by atoms with Crippen LogP contribution >= 0.6 is 0 Å². The number of benzene rings is 1. The molecule has 5 nitrogen and oxygen atoms in total. The average molecular weight is 302 g/mol. The zero-order chi connectivity index (χ0) is 15.9. The van der Waals surface area contributed by atoms with Gasteiger partial charge in [0.2, 0.25) is 5.91 Å². The van der Waals surface area contributed by atoms with Gasteiger partial charge in [0, 0.05) is 31.9 Å². The summed E-state index contributed by atoms with van der Waals surface area (Å²) >= 11 is 0. The highest BCUT2D eigenvalue weighted by Gasteiger charge is 2.66. The molecule has 0 spiro atoms. The van der Waals surface area contributed by atoms with Crippen LogP contribution < -0.4 is 4.90 Å². The number of rotatable bonds is 3. The Morgan fingerprint density at radius 3 is 2.14 bits per heavy atom. The number of hydrogen-bond acceptors (Lipinski definition) is 3. The molecule has 1 aromatic rings. The highest BCUT2D eigenvalue weighted by Crippen LogP contribution is 2.59. The van der Waals surface area contributed by atoms with Crippen molar-refractivity contribution in [2.24, 2.45) is 17.3 Å². The molecule has 2 aliphatic rings. The molecule has 0 aromatic heterocycles. The van der Waals surface area contributed by atoms with Crippen molar-refractivity contribution in [3.8, 4) is 0 Å². The second kappa shape index (κ2) is 5.30. The predicted octanol–water partition coefficient (Wildman–Crippen LogP) is 1.69. The zero-order valence-corrected chi connectivity index (χ0v) is 13.0. The number of aliphatic carboxylic acids is 1. The van der Waals surface area contributed by atoms with Gasteiger partial charge in [0.05, 0.1) is 11.8 Å². The molecule has 3 rings (SSSR count). The van der Waals surface area contributed by atoms with Gasteiger partial charge < -0.3 is 14.9 Å². The third-order valence-corrected chi connectivity index (χ3v) is 5.07. The first-order valence-corrected chi connectivity index (χ1v) is 7.74. The van der Waals surface area contributed by atoms with Crippen molar-refractivity contribution in [2.75, 3.05) is 31.1 Å². The Kier molecular flexibility index (Phi) is 3.59. The quantitative estimate of drug-likeness (QED) is 0.923. The van der Waals surface area contributed by atoms with Gasteiger partial charge in [0.15, 0.2) is 0 Å². The van der Waals surface area contributed by atoms with Gasteiger partial charge in [0.1, 0.15) is 0 Å². The molecular formula is C17H22N2O3. The summed E-state index contributed by atoms with van der Waals surface area (Å²) in [4.78, 5) is 27.9. The molecule has 1 aliphatic heterocycles. The number of amides is 1. The molecule has 1 saturated heterocycles. The van der Waals surface area contributed by atoms with E-state index >= 15 is 0 Å². The van der Waals surface area contributed by atoms with E-state index in [1.54, 1.807) is 0 Å². The van der Waals surface area contributed by atoms with Crippen LogP contribution in [0.1, 0.15) is 13.8 Å². The van der Waals surface area contributed by atoms with Gasteiger partial charge in [-0.1, -0.05) is 32.0 Å². The van der Waals surface area contributed by atoms with E-state index in [0.29, 0.717) is 13.1 Å². The molecule has 1 N–H and O–H groups in total. The van der Waals surface area contributed by atoms with E-state index in [1.165, 1.54) is 5.69 Å². The van der Waals surface area contributed by atoms with Gasteiger partial charge >= 0.3 is 5.97 Å². The van der Waals surface area contributed by atoms with E-state index in [2.05, 4.69) is 17.0 Å². The Morgan fingerprint density at radius 2 is 1.64 bits per heavy atom. The summed E-state index contributed by atoms with van der Waals surface area (Å²) in [7, 11) is 0. The Morgan fingerprint density at radius 1 is 1.05 bits per heavy atom. The topological polar surface area (TPSA) is 60.9 Å². The summed E-state index contributed by atoms with van der Waals surface area (Å²) in [5.41, 5.74) is 0.754. The van der Waals surface area contributed by atoms with Crippen molar-refractivity contribution in [1.29, 1.82) is 0 Å². The van der Waals surface area contributed by atoms with Crippen molar-refractivity contribution in [3.05, 3.63) is 30.3 Å². The van der Waals surface area contributed by atoms with E-state index in [-0.39, 0.29) is 11.8 Å². The summed E-state index contributed by atoms with van der Waals surface area (Å²) in [5, 5.41) is 9.22. The molecule has 5 heteroatoms. The van der Waals surface area contributed by atoms with E-state index in [1.807, 2.05) is 36.9 Å². The molecule has 1 aliphatic carbocycles. The molecule has 22 heavy (non-hydrogen) atoms. The number of hydrogen-bond donors (Lipinski definition) is 1. The summed E-state index contributed by atoms with van der Waals surface area (Å²) in [6.07, 6.45) is 0. The predicted molar refractivity (Wildman–Crippen MR) is 83.6 cm³/mol. The summed E-state index contributed by atoms with van der Waals surface area (Å²) in [6, 6.07) is 10.2. The molecule has 1 amide bonds. The average Bonchev–Trinajstić information content (AvgIpc) is 3.10. The van der Waals surface area contributed by atoms with Crippen molar-refractivity contribution >= 4 is 17.6 Å². The van der Waals surface area contributed by atoms with Gasteiger partial charge in [-0.3, -0.25) is 9.59 Å². The third-order valence-electron chi connectivity index (χ3n) is 5.07. The monoisotopic (exact) mass is 302 g/mol. The van der Waals surface area contributed by atoms with Gasteiger partial charge in [-0.15, -0.1) is 0 Å². The molecular weight excluding hydrogens is 280 g/mol. The largest absolute Gasteiger partial charge is 0.481 e. The first-order valence-electron chi connectivity index (χ1n) is 7.74. The normalized spacial score (nSPS) is 26.6. The van der Waals surface area contributed by atoms with Crippen LogP contribution in [0.4, 0.5) is 5.69 Å². The lowest BCUT2D eigenvalue weighted by atomic mass is 10.1. The van der Waals surface area contributed by atoms with Crippen LogP contribution in [0.2, 0.25) is 0 Å². The third kappa shape index (κ3) is 2.45. The minimum Gasteiger partial charge on any atom is -0.481 e. The van der Waals surface area contributed by atoms with Crippen LogP contribution in [0.5, 0.6) is 0 Å². The molecule has 0 bridgehead atoms. The van der Waals surface area contributed by atoms with Gasteiger partial charge in [-0.25, -0.2) is 0 Å². The lowest BCUT2D eigenvalue weighted by Gasteiger charge is -2.36. The van der Waals surface area contributed by atoms with Crippen LogP contribution in [-0.2, 0) is 9.59 Å². The maximum Gasteiger partial charge on any atom is 0.307 e. The number of carbonyl (C=O) groups excluding carboxylic acids is 1. The smallest absolute Gasteiger partial charge is 0.307 e. The number of anilines is 1. The van der Waals surface area contributed by atoms with Crippen LogP contribution in [-0.4, -0.2) is 48.1 Å². The van der Waals surface area contributed by atoms with Crippen LogP contribution in [0.3, 0.4) is 0 Å². The van der Waals surface area contributed by atoms with E-state index in [0.717, 1.165) is 13.1 Å². The standard InChI is InChI=1S/C17H22N2O3/c1-17(2)13(14(17)16(21)22)15(20)19-10-8-18(9-11-19)12-6-4-3-5-7-12/h3-7,13-14H,8-11H2,1-2H3,(H,21,22)/t13-,14-/m1/s1. The zero-order valence-electron chi connectivity index (χ0n) is 13.0. The Hall–Kier alpha value is -2.04. The fourth-order valence-electron chi connectivity index (χ4n) is 3.58. The molecule has 1 saturated carbocycles. The molecule has 1 aromatic carbocycles. The number of nitrogens with zero attached hydrogens (tertiary/aromatic N) is 2. The second-order valence-electron chi connectivity index (χ2n) is 6.76. The molecule has 2 fully saturated rings. The summed E-state index contributed by atoms with van der Waals surface area (Å²) in [5.74, 6) is -1.75. The molecule has 118 valence electrons. The van der Waals surface area contributed by atoms with Crippen molar-refractivity contribution in [3.63, 3.8) is 0 Å². The SMILES string of the molecule is CC1(C)[C@@H](C(=O)O)[C@@H]1C(=O)N1CCN(c2ccccc2)CC1. The number of carboxylic acid groups (broad SMARTS) is 1. The van der Waals surface area contributed by atoms with Crippen molar-refractivity contribution < 1.29 is 14.7 Å². The number of para-hydroxylation sites is 1.